The minimum absolute atomic E-state index is 0.304. The van der Waals surface area contributed by atoms with Gasteiger partial charge in [-0.15, -0.1) is 12.1 Å². The number of rotatable bonds is 7. The molecule has 1 unspecified atom stereocenters. The van der Waals surface area contributed by atoms with Gasteiger partial charge in [0.05, 0.1) is 5.41 Å². The van der Waals surface area contributed by atoms with Crippen LogP contribution in [0.1, 0.15) is 20.8 Å². The van der Waals surface area contributed by atoms with Gasteiger partial charge in [-0.1, -0.05) is 6.08 Å². The van der Waals surface area contributed by atoms with Gasteiger partial charge in [0.25, 0.3) is 0 Å². The lowest BCUT2D eigenvalue weighted by Crippen LogP contribution is -2.42. The van der Waals surface area contributed by atoms with Gasteiger partial charge in [0.15, 0.2) is 0 Å². The van der Waals surface area contributed by atoms with Crippen LogP contribution in [0.15, 0.2) is 12.7 Å². The SMILES string of the molecule is C=CCSCC(NOC(=O)C(C)(C)C)C(=O)O. The zero-order chi connectivity index (χ0) is 13.5. The first-order valence-corrected chi connectivity index (χ1v) is 6.32. The summed E-state index contributed by atoms with van der Waals surface area (Å²) in [4.78, 5) is 27.0. The number of carbonyl (C=O) groups excluding carboxylic acids is 1. The van der Waals surface area contributed by atoms with Crippen molar-refractivity contribution < 1.29 is 19.5 Å². The molecule has 0 aliphatic rings. The number of thioether (sulfide) groups is 1. The fourth-order valence-corrected chi connectivity index (χ4v) is 1.45. The van der Waals surface area contributed by atoms with Gasteiger partial charge in [-0.05, 0) is 20.8 Å². The lowest BCUT2D eigenvalue weighted by Gasteiger charge is -2.19. The Hall–Kier alpha value is -1.01. The van der Waals surface area contributed by atoms with Crippen molar-refractivity contribution in [2.75, 3.05) is 11.5 Å². The van der Waals surface area contributed by atoms with E-state index < -0.39 is 23.4 Å². The van der Waals surface area contributed by atoms with Crippen molar-refractivity contribution in [3.63, 3.8) is 0 Å². The highest BCUT2D eigenvalue weighted by atomic mass is 32.2. The van der Waals surface area contributed by atoms with E-state index in [2.05, 4.69) is 12.1 Å². The van der Waals surface area contributed by atoms with E-state index in [0.717, 1.165) is 0 Å². The smallest absolute Gasteiger partial charge is 0.330 e. The quantitative estimate of drug-likeness (QED) is 0.410. The van der Waals surface area contributed by atoms with Crippen LogP contribution in [0.2, 0.25) is 0 Å². The van der Waals surface area contributed by atoms with Crippen LogP contribution in [0.25, 0.3) is 0 Å². The van der Waals surface area contributed by atoms with Crippen molar-refractivity contribution >= 4 is 23.7 Å². The summed E-state index contributed by atoms with van der Waals surface area (Å²) in [5.74, 6) is -0.585. The molecule has 0 saturated heterocycles. The van der Waals surface area contributed by atoms with Crippen LogP contribution in [0.3, 0.4) is 0 Å². The first kappa shape index (κ1) is 16.0. The Labute approximate surface area is 106 Å². The molecule has 1 atom stereocenters. The van der Waals surface area contributed by atoms with Gasteiger partial charge in [0.1, 0.15) is 6.04 Å². The zero-order valence-electron chi connectivity index (χ0n) is 10.4. The van der Waals surface area contributed by atoms with Gasteiger partial charge in [-0.2, -0.15) is 11.8 Å². The van der Waals surface area contributed by atoms with Gasteiger partial charge in [0.2, 0.25) is 0 Å². The summed E-state index contributed by atoms with van der Waals surface area (Å²) in [6.07, 6.45) is 1.69. The molecule has 2 N–H and O–H groups in total. The molecule has 0 spiro atoms. The molecule has 0 aliphatic heterocycles. The standard InChI is InChI=1S/C11H19NO4S/c1-5-6-17-7-8(9(13)14)12-16-10(15)11(2,3)4/h5,8,12H,1,6-7H2,2-4H3,(H,13,14). The molecule has 0 aliphatic carbocycles. The van der Waals surface area contributed by atoms with Crippen LogP contribution in [0.5, 0.6) is 0 Å². The third-order valence-corrected chi connectivity index (χ3v) is 2.77. The highest BCUT2D eigenvalue weighted by molar-refractivity contribution is 7.99. The van der Waals surface area contributed by atoms with Gasteiger partial charge in [-0.3, -0.25) is 4.79 Å². The van der Waals surface area contributed by atoms with Crippen LogP contribution in [-0.4, -0.2) is 34.6 Å². The van der Waals surface area contributed by atoms with E-state index >= 15 is 0 Å². The number of carboxylic acids is 1. The van der Waals surface area contributed by atoms with Gasteiger partial charge in [-0.25, -0.2) is 4.79 Å². The maximum atomic E-state index is 11.4. The summed E-state index contributed by atoms with van der Waals surface area (Å²) in [7, 11) is 0. The van der Waals surface area contributed by atoms with Gasteiger partial charge >= 0.3 is 11.9 Å². The monoisotopic (exact) mass is 261 g/mol. The van der Waals surface area contributed by atoms with Crippen LogP contribution >= 0.6 is 11.8 Å². The summed E-state index contributed by atoms with van der Waals surface area (Å²) < 4.78 is 0. The fraction of sp³-hybridized carbons (Fsp3) is 0.636. The first-order chi connectivity index (χ1) is 7.79. The Morgan fingerprint density at radius 1 is 1.53 bits per heavy atom. The van der Waals surface area contributed by atoms with Crippen LogP contribution in [-0.2, 0) is 14.4 Å². The summed E-state index contributed by atoms with van der Waals surface area (Å²) in [6, 6.07) is -0.911. The van der Waals surface area contributed by atoms with E-state index in [1.54, 1.807) is 26.8 Å². The van der Waals surface area contributed by atoms with E-state index in [0.29, 0.717) is 11.5 Å². The Morgan fingerprint density at radius 3 is 2.53 bits per heavy atom. The van der Waals surface area contributed by atoms with E-state index in [1.165, 1.54) is 11.8 Å². The Kier molecular flexibility index (Phi) is 6.91. The maximum Gasteiger partial charge on any atom is 0.330 e. The average molecular weight is 261 g/mol. The second kappa shape index (κ2) is 7.34. The minimum atomic E-state index is -1.05. The van der Waals surface area contributed by atoms with E-state index in [-0.39, 0.29) is 0 Å². The lowest BCUT2D eigenvalue weighted by atomic mass is 9.98. The zero-order valence-corrected chi connectivity index (χ0v) is 11.2. The molecule has 0 aromatic rings. The molecule has 0 radical (unpaired) electrons. The van der Waals surface area contributed by atoms with E-state index in [1.807, 2.05) is 0 Å². The van der Waals surface area contributed by atoms with Crippen molar-refractivity contribution in [2.24, 2.45) is 5.41 Å². The molecule has 6 heteroatoms. The second-order valence-corrected chi connectivity index (χ2v) is 5.55. The molecule has 0 bridgehead atoms. The van der Waals surface area contributed by atoms with Gasteiger partial charge in [0, 0.05) is 11.5 Å². The summed E-state index contributed by atoms with van der Waals surface area (Å²) in [5.41, 5.74) is 1.62. The molecule has 0 saturated carbocycles. The summed E-state index contributed by atoms with van der Waals surface area (Å²) in [6.45, 7) is 8.62. The lowest BCUT2D eigenvalue weighted by molar-refractivity contribution is -0.165. The molecular formula is C11H19NO4S. The molecule has 17 heavy (non-hydrogen) atoms. The highest BCUT2D eigenvalue weighted by Crippen LogP contribution is 2.14. The number of hydrogen-bond acceptors (Lipinski definition) is 5. The van der Waals surface area contributed by atoms with Crippen LogP contribution in [0, 0.1) is 5.41 Å². The minimum Gasteiger partial charge on any atom is -0.480 e. The Balaban J connectivity index is 4.14. The average Bonchev–Trinajstić information content (AvgIpc) is 2.20. The van der Waals surface area contributed by atoms with Crippen molar-refractivity contribution in [3.8, 4) is 0 Å². The van der Waals surface area contributed by atoms with Crippen LogP contribution < -0.4 is 5.48 Å². The van der Waals surface area contributed by atoms with Gasteiger partial charge < -0.3 is 9.94 Å². The predicted octanol–water partition coefficient (Wildman–Crippen LogP) is 1.45. The van der Waals surface area contributed by atoms with Crippen molar-refractivity contribution in [1.82, 2.24) is 5.48 Å². The first-order valence-electron chi connectivity index (χ1n) is 5.17. The number of hydrogen-bond donors (Lipinski definition) is 2. The Bertz CT molecular complexity index is 286. The number of carboxylic acid groups (broad SMARTS) is 1. The molecule has 5 nitrogen and oxygen atoms in total. The van der Waals surface area contributed by atoms with Crippen molar-refractivity contribution in [3.05, 3.63) is 12.7 Å². The third kappa shape index (κ3) is 7.01. The summed E-state index contributed by atoms with van der Waals surface area (Å²) >= 11 is 1.40. The molecule has 0 aromatic heterocycles. The van der Waals surface area contributed by atoms with E-state index in [9.17, 15) is 9.59 Å². The van der Waals surface area contributed by atoms with Crippen molar-refractivity contribution in [2.45, 2.75) is 26.8 Å². The highest BCUT2D eigenvalue weighted by Gasteiger charge is 2.26. The molecular weight excluding hydrogens is 242 g/mol. The summed E-state index contributed by atoms with van der Waals surface area (Å²) in [5, 5.41) is 8.90. The molecule has 0 amide bonds. The molecule has 0 rings (SSSR count). The van der Waals surface area contributed by atoms with Crippen molar-refractivity contribution in [1.29, 1.82) is 0 Å². The molecule has 0 fully saturated rings. The fourth-order valence-electron chi connectivity index (χ4n) is 0.703. The normalized spacial score (nSPS) is 12.9. The van der Waals surface area contributed by atoms with Crippen LogP contribution in [0.4, 0.5) is 0 Å². The molecule has 0 heterocycles. The molecule has 0 aromatic carbocycles. The second-order valence-electron chi connectivity index (χ2n) is 4.47. The predicted molar refractivity (Wildman–Crippen MR) is 67.6 cm³/mol. The largest absolute Gasteiger partial charge is 0.480 e. The number of carbonyl (C=O) groups is 2. The number of hydroxylamine groups is 1. The number of nitrogens with one attached hydrogen (secondary N) is 1. The number of aliphatic carboxylic acids is 1. The topological polar surface area (TPSA) is 75.6 Å². The maximum absolute atomic E-state index is 11.4. The van der Waals surface area contributed by atoms with E-state index in [4.69, 9.17) is 9.94 Å². The Morgan fingerprint density at radius 2 is 2.12 bits per heavy atom. The third-order valence-electron chi connectivity index (χ3n) is 1.72. The molecule has 98 valence electrons.